The van der Waals surface area contributed by atoms with E-state index in [1.807, 2.05) is 0 Å². The minimum atomic E-state index is -1.17. The van der Waals surface area contributed by atoms with E-state index in [0.717, 1.165) is 0 Å². The van der Waals surface area contributed by atoms with Gasteiger partial charge in [-0.25, -0.2) is 4.39 Å². The van der Waals surface area contributed by atoms with E-state index in [4.69, 9.17) is 10.8 Å². The molecule has 3 N–H and O–H groups in total. The van der Waals surface area contributed by atoms with Gasteiger partial charge in [0.1, 0.15) is 12.2 Å². The molecule has 0 saturated carbocycles. The van der Waals surface area contributed by atoms with Crippen molar-refractivity contribution in [3.05, 3.63) is 0 Å². The lowest BCUT2D eigenvalue weighted by Gasteiger charge is -2.16. The van der Waals surface area contributed by atoms with E-state index >= 15 is 0 Å². The number of carbonyl (C=O) groups is 1. The molecule has 0 unspecified atom stereocenters. The number of rotatable bonds is 3. The largest absolute Gasteiger partial charge is 0.480 e. The van der Waals surface area contributed by atoms with E-state index < -0.39 is 24.1 Å². The third-order valence-corrected chi connectivity index (χ3v) is 1.58. The average Bonchev–Trinajstić information content (AvgIpc) is 1.84. The average molecular weight is 149 g/mol. The topological polar surface area (TPSA) is 63.3 Å². The first kappa shape index (κ1) is 9.36. The van der Waals surface area contributed by atoms with Crippen LogP contribution >= 0.6 is 0 Å². The standard InChI is InChI=1S/C6H12FNO2/c1-3(4(2)7)5(8)6(9)10/h3-5H,8H2,1-2H3,(H,9,10)/t3-,4-,5-/m0/s1. The van der Waals surface area contributed by atoms with E-state index in [9.17, 15) is 9.18 Å². The summed E-state index contributed by atoms with van der Waals surface area (Å²) >= 11 is 0. The molecule has 0 radical (unpaired) electrons. The Balaban J connectivity index is 3.94. The summed E-state index contributed by atoms with van der Waals surface area (Å²) in [6.45, 7) is 2.77. The fraction of sp³-hybridized carbons (Fsp3) is 0.833. The maximum Gasteiger partial charge on any atom is 0.320 e. The molecule has 4 heteroatoms. The van der Waals surface area contributed by atoms with E-state index in [1.54, 1.807) is 0 Å². The predicted molar refractivity (Wildman–Crippen MR) is 35.3 cm³/mol. The second-order valence-corrected chi connectivity index (χ2v) is 2.40. The summed E-state index contributed by atoms with van der Waals surface area (Å²) in [6, 6.07) is -1.10. The Morgan fingerprint density at radius 3 is 2.10 bits per heavy atom. The number of alkyl halides is 1. The van der Waals surface area contributed by atoms with Crippen LogP contribution in [0, 0.1) is 5.92 Å². The first-order valence-electron chi connectivity index (χ1n) is 3.09. The summed E-state index contributed by atoms with van der Waals surface area (Å²) in [7, 11) is 0. The van der Waals surface area contributed by atoms with Crippen molar-refractivity contribution < 1.29 is 14.3 Å². The van der Waals surface area contributed by atoms with E-state index in [1.165, 1.54) is 13.8 Å². The zero-order valence-electron chi connectivity index (χ0n) is 6.04. The molecule has 60 valence electrons. The molecule has 3 nitrogen and oxygen atoms in total. The molecule has 3 atom stereocenters. The summed E-state index contributed by atoms with van der Waals surface area (Å²) in [6.07, 6.45) is -1.17. The van der Waals surface area contributed by atoms with Gasteiger partial charge in [-0.2, -0.15) is 0 Å². The van der Waals surface area contributed by atoms with Crippen molar-refractivity contribution >= 4 is 5.97 Å². The monoisotopic (exact) mass is 149 g/mol. The van der Waals surface area contributed by atoms with E-state index in [-0.39, 0.29) is 0 Å². The molecule has 0 aliphatic heterocycles. The molecule has 0 amide bonds. The highest BCUT2D eigenvalue weighted by atomic mass is 19.1. The summed E-state index contributed by atoms with van der Waals surface area (Å²) < 4.78 is 12.4. The molecule has 0 aliphatic carbocycles. The van der Waals surface area contributed by atoms with Crippen LogP contribution in [0.1, 0.15) is 13.8 Å². The molecule has 0 fully saturated rings. The van der Waals surface area contributed by atoms with Crippen molar-refractivity contribution in [3.63, 3.8) is 0 Å². The quantitative estimate of drug-likeness (QED) is 0.610. The summed E-state index contributed by atoms with van der Waals surface area (Å²) in [4.78, 5) is 10.2. The van der Waals surface area contributed by atoms with Crippen molar-refractivity contribution in [1.29, 1.82) is 0 Å². The van der Waals surface area contributed by atoms with Crippen molar-refractivity contribution in [2.24, 2.45) is 11.7 Å². The van der Waals surface area contributed by atoms with Crippen LogP contribution in [0.5, 0.6) is 0 Å². The van der Waals surface area contributed by atoms with Crippen LogP contribution < -0.4 is 5.73 Å². The van der Waals surface area contributed by atoms with Crippen molar-refractivity contribution in [2.45, 2.75) is 26.1 Å². The Morgan fingerprint density at radius 1 is 1.60 bits per heavy atom. The number of hydrogen-bond acceptors (Lipinski definition) is 2. The molecule has 0 bridgehead atoms. The minimum absolute atomic E-state index is 0.627. The Morgan fingerprint density at radius 2 is 2.00 bits per heavy atom. The van der Waals surface area contributed by atoms with Gasteiger partial charge in [0, 0.05) is 5.92 Å². The third kappa shape index (κ3) is 2.31. The van der Waals surface area contributed by atoms with Gasteiger partial charge >= 0.3 is 5.97 Å². The predicted octanol–water partition coefficient (Wildman–Crippen LogP) is 0.392. The van der Waals surface area contributed by atoms with Gasteiger partial charge in [-0.3, -0.25) is 4.79 Å². The van der Waals surface area contributed by atoms with Gasteiger partial charge in [0.2, 0.25) is 0 Å². The number of hydrogen-bond donors (Lipinski definition) is 2. The number of nitrogens with two attached hydrogens (primary N) is 1. The highest BCUT2D eigenvalue weighted by Crippen LogP contribution is 2.09. The minimum Gasteiger partial charge on any atom is -0.480 e. The second kappa shape index (κ2) is 3.51. The van der Waals surface area contributed by atoms with E-state index in [2.05, 4.69) is 0 Å². The Bertz CT molecular complexity index is 127. The van der Waals surface area contributed by atoms with Gasteiger partial charge < -0.3 is 10.8 Å². The van der Waals surface area contributed by atoms with Crippen LogP contribution in [-0.2, 0) is 4.79 Å². The molecule has 0 aliphatic rings. The Hall–Kier alpha value is -0.640. The second-order valence-electron chi connectivity index (χ2n) is 2.40. The van der Waals surface area contributed by atoms with Crippen LogP contribution in [0.3, 0.4) is 0 Å². The fourth-order valence-electron chi connectivity index (χ4n) is 0.511. The molecule has 0 aromatic heterocycles. The molecule has 0 aromatic rings. The molecule has 0 rings (SSSR count). The van der Waals surface area contributed by atoms with E-state index in [0.29, 0.717) is 0 Å². The summed E-state index contributed by atoms with van der Waals surface area (Å²) in [5.41, 5.74) is 5.12. The fourth-order valence-corrected chi connectivity index (χ4v) is 0.511. The van der Waals surface area contributed by atoms with Crippen LogP contribution in [-0.4, -0.2) is 23.3 Å². The zero-order valence-corrected chi connectivity index (χ0v) is 6.04. The maximum atomic E-state index is 12.4. The molecular formula is C6H12FNO2. The summed E-state index contributed by atoms with van der Waals surface area (Å²) in [5, 5.41) is 8.31. The van der Waals surface area contributed by atoms with Gasteiger partial charge in [-0.05, 0) is 6.92 Å². The molecule has 0 heterocycles. The number of carboxylic acids is 1. The SMILES string of the molecule is C[C@@H]([C@H](C)F)[C@H](N)C(=O)O. The highest BCUT2D eigenvalue weighted by molar-refractivity contribution is 5.73. The molecular weight excluding hydrogens is 137 g/mol. The van der Waals surface area contributed by atoms with Gasteiger partial charge in [-0.1, -0.05) is 6.92 Å². The van der Waals surface area contributed by atoms with Crippen LogP contribution in [0.2, 0.25) is 0 Å². The molecule has 0 spiro atoms. The van der Waals surface area contributed by atoms with Gasteiger partial charge in [-0.15, -0.1) is 0 Å². The first-order valence-corrected chi connectivity index (χ1v) is 3.09. The molecule has 10 heavy (non-hydrogen) atoms. The van der Waals surface area contributed by atoms with Crippen LogP contribution in [0.25, 0.3) is 0 Å². The van der Waals surface area contributed by atoms with Gasteiger partial charge in [0.15, 0.2) is 0 Å². The third-order valence-electron chi connectivity index (χ3n) is 1.58. The Kier molecular flexibility index (Phi) is 3.28. The van der Waals surface area contributed by atoms with Gasteiger partial charge in [0.05, 0.1) is 0 Å². The van der Waals surface area contributed by atoms with Crippen LogP contribution in [0.15, 0.2) is 0 Å². The van der Waals surface area contributed by atoms with Gasteiger partial charge in [0.25, 0.3) is 0 Å². The number of carboxylic acid groups (broad SMARTS) is 1. The molecule has 0 saturated heterocycles. The van der Waals surface area contributed by atoms with Crippen molar-refractivity contribution in [1.82, 2.24) is 0 Å². The lowest BCUT2D eigenvalue weighted by atomic mass is 9.99. The lowest BCUT2D eigenvalue weighted by Crippen LogP contribution is -2.40. The smallest absolute Gasteiger partial charge is 0.320 e. The van der Waals surface area contributed by atoms with Crippen molar-refractivity contribution in [3.8, 4) is 0 Å². The first-order chi connectivity index (χ1) is 4.46. The Labute approximate surface area is 59.0 Å². The normalized spacial score (nSPS) is 19.6. The highest BCUT2D eigenvalue weighted by Gasteiger charge is 2.24. The van der Waals surface area contributed by atoms with Crippen LogP contribution in [0.4, 0.5) is 4.39 Å². The molecule has 0 aromatic carbocycles. The van der Waals surface area contributed by atoms with Crippen molar-refractivity contribution in [2.75, 3.05) is 0 Å². The maximum absolute atomic E-state index is 12.4. The lowest BCUT2D eigenvalue weighted by molar-refractivity contribution is -0.140. The summed E-state index contributed by atoms with van der Waals surface area (Å²) in [5.74, 6) is -1.78. The number of halogens is 1. The number of aliphatic carboxylic acids is 1. The zero-order chi connectivity index (χ0) is 8.31.